The summed E-state index contributed by atoms with van der Waals surface area (Å²) in [5.74, 6) is 0.653. The third-order valence-electron chi connectivity index (χ3n) is 2.44. The molecule has 84 valence electrons. The summed E-state index contributed by atoms with van der Waals surface area (Å²) in [6.07, 6.45) is -0.242. The van der Waals surface area contributed by atoms with E-state index in [4.69, 9.17) is 9.84 Å². The van der Waals surface area contributed by atoms with E-state index in [-0.39, 0.29) is 6.10 Å². The highest BCUT2D eigenvalue weighted by molar-refractivity contribution is 5.74. The van der Waals surface area contributed by atoms with Gasteiger partial charge in [-0.15, -0.1) is 0 Å². The van der Waals surface area contributed by atoms with Crippen LogP contribution >= 0.6 is 0 Å². The van der Waals surface area contributed by atoms with E-state index in [1.54, 1.807) is 24.3 Å². The van der Waals surface area contributed by atoms with Crippen LogP contribution in [0.4, 0.5) is 4.79 Å². The fourth-order valence-corrected chi connectivity index (χ4v) is 1.49. The van der Waals surface area contributed by atoms with Crippen LogP contribution in [0.1, 0.15) is 10.4 Å². The lowest BCUT2D eigenvalue weighted by Gasteiger charge is -2.36. The number of benzene rings is 1. The number of hydrogen-bond acceptors (Lipinski definition) is 3. The molecule has 1 aromatic carbocycles. The molecule has 1 aliphatic heterocycles. The number of rotatable bonds is 3. The van der Waals surface area contributed by atoms with Crippen LogP contribution in [0.15, 0.2) is 24.3 Å². The SMILES string of the molecule is O=Cc1ccc(OC2CN(C(=O)O)C2)cc1. The molecule has 1 amide bonds. The average molecular weight is 221 g/mol. The first-order valence-electron chi connectivity index (χ1n) is 4.89. The van der Waals surface area contributed by atoms with Crippen LogP contribution in [0.2, 0.25) is 0 Å². The van der Waals surface area contributed by atoms with Gasteiger partial charge in [0.2, 0.25) is 0 Å². The number of likely N-dealkylation sites (tertiary alicyclic amines) is 1. The van der Waals surface area contributed by atoms with E-state index < -0.39 is 6.09 Å². The Bertz CT molecular complexity index is 395. The third kappa shape index (κ3) is 2.13. The molecule has 5 heteroatoms. The number of hydrogen-bond donors (Lipinski definition) is 1. The Morgan fingerprint density at radius 2 is 2.00 bits per heavy atom. The van der Waals surface area contributed by atoms with Gasteiger partial charge in [-0.2, -0.15) is 0 Å². The van der Waals surface area contributed by atoms with Gasteiger partial charge in [0.15, 0.2) is 0 Å². The molecule has 0 saturated carbocycles. The highest BCUT2D eigenvalue weighted by Gasteiger charge is 2.31. The highest BCUT2D eigenvalue weighted by Crippen LogP contribution is 2.18. The number of carboxylic acid groups (broad SMARTS) is 1. The lowest BCUT2D eigenvalue weighted by molar-refractivity contribution is 0.0252. The monoisotopic (exact) mass is 221 g/mol. The Balaban J connectivity index is 1.86. The molecule has 16 heavy (non-hydrogen) atoms. The maximum atomic E-state index is 10.5. The largest absolute Gasteiger partial charge is 0.487 e. The molecule has 0 aliphatic carbocycles. The van der Waals surface area contributed by atoms with Gasteiger partial charge in [0.05, 0.1) is 13.1 Å². The molecule has 0 aromatic heterocycles. The third-order valence-corrected chi connectivity index (χ3v) is 2.44. The van der Waals surface area contributed by atoms with Gasteiger partial charge in [-0.05, 0) is 24.3 Å². The molecule has 1 fully saturated rings. The minimum atomic E-state index is -0.920. The van der Waals surface area contributed by atoms with E-state index in [9.17, 15) is 9.59 Å². The second-order valence-electron chi connectivity index (χ2n) is 3.61. The minimum Gasteiger partial charge on any atom is -0.487 e. The van der Waals surface area contributed by atoms with Crippen molar-refractivity contribution in [3.63, 3.8) is 0 Å². The molecule has 1 aromatic rings. The molecule has 0 atom stereocenters. The van der Waals surface area contributed by atoms with Crippen LogP contribution in [0, 0.1) is 0 Å². The molecular formula is C11H11NO4. The van der Waals surface area contributed by atoms with Crippen LogP contribution in [-0.2, 0) is 0 Å². The summed E-state index contributed by atoms with van der Waals surface area (Å²) >= 11 is 0. The topological polar surface area (TPSA) is 66.8 Å². The summed E-state index contributed by atoms with van der Waals surface area (Å²) in [6.45, 7) is 0.787. The number of amides is 1. The summed E-state index contributed by atoms with van der Waals surface area (Å²) in [5.41, 5.74) is 0.591. The summed E-state index contributed by atoms with van der Waals surface area (Å²) in [4.78, 5) is 22.2. The fourth-order valence-electron chi connectivity index (χ4n) is 1.49. The van der Waals surface area contributed by atoms with Gasteiger partial charge in [-0.25, -0.2) is 4.79 Å². The number of aldehydes is 1. The second kappa shape index (κ2) is 4.22. The predicted molar refractivity (Wildman–Crippen MR) is 55.8 cm³/mol. The number of carbonyl (C=O) groups excluding carboxylic acids is 1. The predicted octanol–water partition coefficient (Wildman–Crippen LogP) is 1.24. The van der Waals surface area contributed by atoms with Gasteiger partial charge >= 0.3 is 6.09 Å². The molecule has 0 spiro atoms. The summed E-state index contributed by atoms with van der Waals surface area (Å²) in [6, 6.07) is 6.73. The smallest absolute Gasteiger partial charge is 0.407 e. The van der Waals surface area contributed by atoms with E-state index in [0.29, 0.717) is 24.4 Å². The van der Waals surface area contributed by atoms with Crippen molar-refractivity contribution >= 4 is 12.4 Å². The van der Waals surface area contributed by atoms with Crippen LogP contribution < -0.4 is 4.74 Å². The van der Waals surface area contributed by atoms with Crippen LogP contribution in [-0.4, -0.2) is 41.6 Å². The molecule has 5 nitrogen and oxygen atoms in total. The van der Waals surface area contributed by atoms with E-state index in [1.807, 2.05) is 0 Å². The van der Waals surface area contributed by atoms with Crippen molar-refractivity contribution in [2.75, 3.05) is 13.1 Å². The average Bonchev–Trinajstić information content (AvgIpc) is 2.23. The number of carbonyl (C=O) groups is 2. The second-order valence-corrected chi connectivity index (χ2v) is 3.61. The van der Waals surface area contributed by atoms with Crippen LogP contribution in [0.3, 0.4) is 0 Å². The zero-order chi connectivity index (χ0) is 11.5. The lowest BCUT2D eigenvalue weighted by Crippen LogP contribution is -2.55. The zero-order valence-corrected chi connectivity index (χ0v) is 8.50. The molecule has 0 radical (unpaired) electrons. The Labute approximate surface area is 92.2 Å². The van der Waals surface area contributed by atoms with Crippen molar-refractivity contribution in [3.8, 4) is 5.75 Å². The Kier molecular flexibility index (Phi) is 2.76. The number of nitrogens with zero attached hydrogens (tertiary/aromatic N) is 1. The van der Waals surface area contributed by atoms with E-state index in [1.165, 1.54) is 4.90 Å². The maximum Gasteiger partial charge on any atom is 0.407 e. The van der Waals surface area contributed by atoms with Crippen molar-refractivity contribution < 1.29 is 19.4 Å². The van der Waals surface area contributed by atoms with Crippen molar-refractivity contribution in [3.05, 3.63) is 29.8 Å². The van der Waals surface area contributed by atoms with Crippen LogP contribution in [0.25, 0.3) is 0 Å². The van der Waals surface area contributed by atoms with Crippen molar-refractivity contribution in [2.45, 2.75) is 6.10 Å². The highest BCUT2D eigenvalue weighted by atomic mass is 16.5. The van der Waals surface area contributed by atoms with Gasteiger partial charge in [0.25, 0.3) is 0 Å². The quantitative estimate of drug-likeness (QED) is 0.780. The maximum absolute atomic E-state index is 10.5. The normalized spacial score (nSPS) is 15.4. The van der Waals surface area contributed by atoms with Gasteiger partial charge in [0.1, 0.15) is 18.1 Å². The summed E-state index contributed by atoms with van der Waals surface area (Å²) in [7, 11) is 0. The number of ether oxygens (including phenoxy) is 1. The molecule has 1 saturated heterocycles. The molecule has 0 bridgehead atoms. The van der Waals surface area contributed by atoms with Gasteiger partial charge in [-0.1, -0.05) is 0 Å². The zero-order valence-electron chi connectivity index (χ0n) is 8.50. The van der Waals surface area contributed by atoms with Crippen molar-refractivity contribution in [1.82, 2.24) is 4.90 Å². The minimum absolute atomic E-state index is 0.0850. The van der Waals surface area contributed by atoms with Gasteiger partial charge in [-0.3, -0.25) is 4.79 Å². The lowest BCUT2D eigenvalue weighted by atomic mass is 10.2. The molecular weight excluding hydrogens is 210 g/mol. The Morgan fingerprint density at radius 3 is 2.50 bits per heavy atom. The first kappa shape index (κ1) is 10.5. The van der Waals surface area contributed by atoms with Crippen molar-refractivity contribution in [1.29, 1.82) is 0 Å². The fraction of sp³-hybridized carbons (Fsp3) is 0.273. The summed E-state index contributed by atoms with van der Waals surface area (Å²) < 4.78 is 5.51. The molecule has 2 rings (SSSR count). The van der Waals surface area contributed by atoms with E-state index in [0.717, 1.165) is 6.29 Å². The molecule has 0 unspecified atom stereocenters. The summed E-state index contributed by atoms with van der Waals surface area (Å²) in [5, 5.41) is 8.62. The Hall–Kier alpha value is -2.04. The van der Waals surface area contributed by atoms with Crippen LogP contribution in [0.5, 0.6) is 5.75 Å². The first-order chi connectivity index (χ1) is 7.69. The van der Waals surface area contributed by atoms with E-state index in [2.05, 4.69) is 0 Å². The standard InChI is InChI=1S/C11H11NO4/c13-7-8-1-3-9(4-2-8)16-10-5-12(6-10)11(14)15/h1-4,7,10H,5-6H2,(H,14,15). The van der Waals surface area contributed by atoms with Gasteiger partial charge in [0, 0.05) is 5.56 Å². The molecule has 1 N–H and O–H groups in total. The Morgan fingerprint density at radius 1 is 1.38 bits per heavy atom. The molecule has 1 aliphatic rings. The van der Waals surface area contributed by atoms with Crippen molar-refractivity contribution in [2.24, 2.45) is 0 Å². The van der Waals surface area contributed by atoms with E-state index >= 15 is 0 Å². The van der Waals surface area contributed by atoms with Gasteiger partial charge < -0.3 is 14.7 Å². The first-order valence-corrected chi connectivity index (χ1v) is 4.89. The molecule has 1 heterocycles.